The molecule has 1 aromatic carbocycles. The SMILES string of the molecule is Cl.NC[C@H]1CCC[C@H]1C(=O)NCc1ccc(Br)cc1. The van der Waals surface area contributed by atoms with Gasteiger partial charge in [0.25, 0.3) is 0 Å². The van der Waals surface area contributed by atoms with Crippen molar-refractivity contribution in [3.8, 4) is 0 Å². The molecular formula is C14H20BrClN2O. The molecule has 0 aliphatic heterocycles. The number of hydrogen-bond donors (Lipinski definition) is 2. The topological polar surface area (TPSA) is 55.1 Å². The average molecular weight is 348 g/mol. The molecule has 1 fully saturated rings. The molecule has 1 aromatic rings. The number of carbonyl (C=O) groups excluding carboxylic acids is 1. The zero-order valence-electron chi connectivity index (χ0n) is 10.8. The van der Waals surface area contributed by atoms with Gasteiger partial charge in [0.2, 0.25) is 5.91 Å². The van der Waals surface area contributed by atoms with E-state index in [1.165, 1.54) is 0 Å². The maximum atomic E-state index is 12.1. The average Bonchev–Trinajstić information content (AvgIpc) is 2.86. The van der Waals surface area contributed by atoms with Crippen LogP contribution in [-0.4, -0.2) is 12.5 Å². The van der Waals surface area contributed by atoms with Gasteiger partial charge in [-0.2, -0.15) is 0 Å². The van der Waals surface area contributed by atoms with Crippen molar-refractivity contribution >= 4 is 34.2 Å². The molecule has 0 aromatic heterocycles. The summed E-state index contributed by atoms with van der Waals surface area (Å²) in [5.41, 5.74) is 6.82. The summed E-state index contributed by atoms with van der Waals surface area (Å²) < 4.78 is 1.05. The number of amides is 1. The predicted molar refractivity (Wildman–Crippen MR) is 83.1 cm³/mol. The van der Waals surface area contributed by atoms with Crippen molar-refractivity contribution < 1.29 is 4.79 Å². The Morgan fingerprint density at radius 3 is 2.63 bits per heavy atom. The largest absolute Gasteiger partial charge is 0.352 e. The van der Waals surface area contributed by atoms with Crippen molar-refractivity contribution in [1.82, 2.24) is 5.32 Å². The summed E-state index contributed by atoms with van der Waals surface area (Å²) in [4.78, 5) is 12.1. The van der Waals surface area contributed by atoms with Gasteiger partial charge in [-0.3, -0.25) is 4.79 Å². The standard InChI is InChI=1S/C14H19BrN2O.ClH/c15-12-6-4-10(5-7-12)9-17-14(18)13-3-1-2-11(13)8-16;/h4-7,11,13H,1-3,8-9,16H2,(H,17,18);1H/t11-,13-;/m1./s1. The Kier molecular flexibility index (Phi) is 6.83. The maximum Gasteiger partial charge on any atom is 0.223 e. The lowest BCUT2D eigenvalue weighted by molar-refractivity contribution is -0.126. The first-order valence-corrected chi connectivity index (χ1v) is 7.22. The molecule has 0 spiro atoms. The van der Waals surface area contributed by atoms with Crippen LogP contribution in [0.15, 0.2) is 28.7 Å². The van der Waals surface area contributed by atoms with Gasteiger partial charge in [-0.15, -0.1) is 12.4 Å². The highest BCUT2D eigenvalue weighted by atomic mass is 79.9. The van der Waals surface area contributed by atoms with Crippen LogP contribution in [0.4, 0.5) is 0 Å². The maximum absolute atomic E-state index is 12.1. The van der Waals surface area contributed by atoms with Gasteiger partial charge in [0.05, 0.1) is 0 Å². The zero-order chi connectivity index (χ0) is 13.0. The van der Waals surface area contributed by atoms with Crippen molar-refractivity contribution in [3.05, 3.63) is 34.3 Å². The molecule has 3 nitrogen and oxygen atoms in total. The highest BCUT2D eigenvalue weighted by Gasteiger charge is 2.31. The van der Waals surface area contributed by atoms with Crippen LogP contribution in [0.1, 0.15) is 24.8 Å². The normalized spacial score (nSPS) is 21.8. The second-order valence-corrected chi connectivity index (χ2v) is 5.79. The number of carbonyl (C=O) groups is 1. The number of benzene rings is 1. The van der Waals surface area contributed by atoms with Crippen LogP contribution in [-0.2, 0) is 11.3 Å². The van der Waals surface area contributed by atoms with E-state index in [4.69, 9.17) is 5.73 Å². The van der Waals surface area contributed by atoms with E-state index in [1.807, 2.05) is 24.3 Å². The lowest BCUT2D eigenvalue weighted by Crippen LogP contribution is -2.34. The van der Waals surface area contributed by atoms with Crippen LogP contribution in [0.3, 0.4) is 0 Å². The molecule has 0 heterocycles. The summed E-state index contributed by atoms with van der Waals surface area (Å²) >= 11 is 3.40. The Labute approximate surface area is 128 Å². The summed E-state index contributed by atoms with van der Waals surface area (Å²) in [6.07, 6.45) is 3.19. The van der Waals surface area contributed by atoms with Gasteiger partial charge in [0.15, 0.2) is 0 Å². The first-order chi connectivity index (χ1) is 8.70. The van der Waals surface area contributed by atoms with Crippen LogP contribution < -0.4 is 11.1 Å². The smallest absolute Gasteiger partial charge is 0.223 e. The van der Waals surface area contributed by atoms with Crippen LogP contribution in [0.5, 0.6) is 0 Å². The quantitative estimate of drug-likeness (QED) is 0.880. The van der Waals surface area contributed by atoms with E-state index in [9.17, 15) is 4.79 Å². The third-order valence-corrected chi connectivity index (χ3v) is 4.21. The number of nitrogens with two attached hydrogens (primary N) is 1. The minimum absolute atomic E-state index is 0. The summed E-state index contributed by atoms with van der Waals surface area (Å²) in [6.45, 7) is 1.22. The fourth-order valence-corrected chi connectivity index (χ4v) is 2.85. The summed E-state index contributed by atoms with van der Waals surface area (Å²) in [5.74, 6) is 0.645. The van der Waals surface area contributed by atoms with Gasteiger partial charge in [-0.05, 0) is 43.0 Å². The molecule has 1 aliphatic rings. The molecule has 2 rings (SSSR count). The second-order valence-electron chi connectivity index (χ2n) is 4.88. The fraction of sp³-hybridized carbons (Fsp3) is 0.500. The van der Waals surface area contributed by atoms with E-state index in [1.54, 1.807) is 0 Å². The van der Waals surface area contributed by atoms with Crippen LogP contribution >= 0.6 is 28.3 Å². The number of rotatable bonds is 4. The van der Waals surface area contributed by atoms with E-state index < -0.39 is 0 Å². The van der Waals surface area contributed by atoms with Gasteiger partial charge >= 0.3 is 0 Å². The Balaban J connectivity index is 0.00000180. The molecule has 0 unspecified atom stereocenters. The Hall–Kier alpha value is -0.580. The van der Waals surface area contributed by atoms with Crippen LogP contribution in [0.25, 0.3) is 0 Å². The van der Waals surface area contributed by atoms with E-state index in [0.29, 0.717) is 19.0 Å². The molecule has 3 N–H and O–H groups in total. The minimum atomic E-state index is 0. The Morgan fingerprint density at radius 2 is 2.00 bits per heavy atom. The van der Waals surface area contributed by atoms with Gasteiger partial charge in [-0.25, -0.2) is 0 Å². The molecule has 5 heteroatoms. The van der Waals surface area contributed by atoms with Crippen molar-refractivity contribution in [2.75, 3.05) is 6.54 Å². The van der Waals surface area contributed by atoms with Crippen molar-refractivity contribution in [3.63, 3.8) is 0 Å². The lowest BCUT2D eigenvalue weighted by atomic mass is 9.95. The summed E-state index contributed by atoms with van der Waals surface area (Å²) in [7, 11) is 0. The molecule has 19 heavy (non-hydrogen) atoms. The van der Waals surface area contributed by atoms with E-state index in [-0.39, 0.29) is 24.2 Å². The third kappa shape index (κ3) is 4.48. The van der Waals surface area contributed by atoms with Crippen molar-refractivity contribution in [2.45, 2.75) is 25.8 Å². The molecule has 1 amide bonds. The molecule has 1 aliphatic carbocycles. The molecule has 0 saturated heterocycles. The molecule has 2 atom stereocenters. The fourth-order valence-electron chi connectivity index (χ4n) is 2.59. The molecule has 106 valence electrons. The van der Waals surface area contributed by atoms with E-state index in [0.717, 1.165) is 29.3 Å². The zero-order valence-corrected chi connectivity index (χ0v) is 13.2. The third-order valence-electron chi connectivity index (χ3n) is 3.68. The van der Waals surface area contributed by atoms with E-state index in [2.05, 4.69) is 21.2 Å². The molecular weight excluding hydrogens is 328 g/mol. The Morgan fingerprint density at radius 1 is 1.32 bits per heavy atom. The van der Waals surface area contributed by atoms with Crippen LogP contribution in [0.2, 0.25) is 0 Å². The predicted octanol–water partition coefficient (Wildman–Crippen LogP) is 2.86. The molecule has 1 saturated carbocycles. The summed E-state index contributed by atoms with van der Waals surface area (Å²) in [5, 5.41) is 3.01. The molecule has 0 bridgehead atoms. The first kappa shape index (κ1) is 16.5. The number of halogens is 2. The van der Waals surface area contributed by atoms with Gasteiger partial charge < -0.3 is 11.1 Å². The first-order valence-electron chi connectivity index (χ1n) is 6.43. The van der Waals surface area contributed by atoms with Gasteiger partial charge in [-0.1, -0.05) is 34.5 Å². The van der Waals surface area contributed by atoms with Gasteiger partial charge in [0, 0.05) is 16.9 Å². The van der Waals surface area contributed by atoms with Crippen molar-refractivity contribution in [2.24, 2.45) is 17.6 Å². The highest BCUT2D eigenvalue weighted by Crippen LogP contribution is 2.30. The Bertz CT molecular complexity index is 410. The number of hydrogen-bond acceptors (Lipinski definition) is 2. The van der Waals surface area contributed by atoms with Crippen molar-refractivity contribution in [1.29, 1.82) is 0 Å². The number of nitrogens with one attached hydrogen (secondary N) is 1. The van der Waals surface area contributed by atoms with Gasteiger partial charge in [0.1, 0.15) is 0 Å². The monoisotopic (exact) mass is 346 g/mol. The molecule has 0 radical (unpaired) electrons. The van der Waals surface area contributed by atoms with Crippen LogP contribution in [0, 0.1) is 11.8 Å². The lowest BCUT2D eigenvalue weighted by Gasteiger charge is -2.17. The second kappa shape index (κ2) is 7.88. The van der Waals surface area contributed by atoms with E-state index >= 15 is 0 Å². The summed E-state index contributed by atoms with van der Waals surface area (Å²) in [6, 6.07) is 8.00. The highest BCUT2D eigenvalue weighted by molar-refractivity contribution is 9.10. The minimum Gasteiger partial charge on any atom is -0.352 e.